The van der Waals surface area contributed by atoms with Crippen LogP contribution >= 0.6 is 0 Å². The van der Waals surface area contributed by atoms with E-state index in [4.69, 9.17) is 4.74 Å². The van der Waals surface area contributed by atoms with Crippen molar-refractivity contribution >= 4 is 5.91 Å². The van der Waals surface area contributed by atoms with E-state index in [-0.39, 0.29) is 29.2 Å². The number of hydrogen-bond donors (Lipinski definition) is 0. The number of halogens is 5. The molecule has 3 heterocycles. The van der Waals surface area contributed by atoms with E-state index in [1.54, 1.807) is 11.0 Å². The summed E-state index contributed by atoms with van der Waals surface area (Å²) in [5, 5.41) is 0. The van der Waals surface area contributed by atoms with Gasteiger partial charge in [0.2, 0.25) is 11.8 Å². The monoisotopic (exact) mass is 490 g/mol. The quantitative estimate of drug-likeness (QED) is 0.384. The van der Waals surface area contributed by atoms with Crippen LogP contribution in [0.2, 0.25) is 0 Å². The summed E-state index contributed by atoms with van der Waals surface area (Å²) in [5.74, 6) is -2.68. The third-order valence-electron chi connectivity index (χ3n) is 6.64. The van der Waals surface area contributed by atoms with Crippen LogP contribution in [-0.2, 0) is 6.18 Å². The fraction of sp³-hybridized carbons (Fsp3) is 0.333. The molecule has 2 aromatic heterocycles. The normalized spacial score (nSPS) is 23.5. The van der Waals surface area contributed by atoms with E-state index in [0.29, 0.717) is 24.5 Å². The maximum absolute atomic E-state index is 14.2. The Morgan fingerprint density at radius 1 is 1.09 bits per heavy atom. The molecule has 4 unspecified atom stereocenters. The van der Waals surface area contributed by atoms with Crippen LogP contribution in [0.4, 0.5) is 22.0 Å². The molecule has 1 aromatic carbocycles. The summed E-state index contributed by atoms with van der Waals surface area (Å²) in [6.07, 6.45) is -1.33. The van der Waals surface area contributed by atoms with Crippen molar-refractivity contribution in [3.05, 3.63) is 71.7 Å². The number of carbonyl (C=O) groups excluding carboxylic acids is 1. The van der Waals surface area contributed by atoms with E-state index in [1.807, 2.05) is 6.92 Å². The lowest BCUT2D eigenvalue weighted by atomic mass is 9.97. The Morgan fingerprint density at radius 3 is 2.49 bits per heavy atom. The molecule has 1 aliphatic carbocycles. The molecule has 5 rings (SSSR count). The number of alkyl halides is 3. The summed E-state index contributed by atoms with van der Waals surface area (Å²) in [4.78, 5) is 26.9. The van der Waals surface area contributed by atoms with Gasteiger partial charge in [0.05, 0.1) is 11.6 Å². The summed E-state index contributed by atoms with van der Waals surface area (Å²) < 4.78 is 72.3. The number of rotatable bonds is 4. The molecule has 2 fully saturated rings. The van der Waals surface area contributed by atoms with Gasteiger partial charge in [-0.25, -0.2) is 14.4 Å². The number of amides is 1. The van der Waals surface area contributed by atoms with Crippen molar-refractivity contribution in [2.75, 3.05) is 0 Å². The van der Waals surface area contributed by atoms with E-state index >= 15 is 0 Å². The number of hydrogen-bond acceptors (Lipinski definition) is 5. The smallest absolute Gasteiger partial charge is 0.420 e. The summed E-state index contributed by atoms with van der Waals surface area (Å²) in [5.41, 5.74) is -1.02. The Labute approximate surface area is 196 Å². The Balaban J connectivity index is 1.42. The van der Waals surface area contributed by atoms with Crippen LogP contribution in [0.3, 0.4) is 0 Å². The molecule has 3 aromatic rings. The highest BCUT2D eigenvalue weighted by Crippen LogP contribution is 2.45. The summed E-state index contributed by atoms with van der Waals surface area (Å²) in [6.45, 7) is 1.88. The Hall–Kier alpha value is -3.63. The molecular formula is C24H19F5N4O2. The molecule has 1 amide bonds. The zero-order valence-corrected chi connectivity index (χ0v) is 18.3. The minimum atomic E-state index is -4.87. The van der Waals surface area contributed by atoms with Gasteiger partial charge < -0.3 is 9.64 Å². The average molecular weight is 490 g/mol. The molecule has 2 bridgehead atoms. The van der Waals surface area contributed by atoms with Crippen LogP contribution in [-0.4, -0.2) is 43.9 Å². The van der Waals surface area contributed by atoms with Crippen molar-refractivity contribution in [2.24, 2.45) is 5.92 Å². The number of likely N-dealkylation sites (tertiary alicyclic amines) is 1. The molecule has 11 heteroatoms. The van der Waals surface area contributed by atoms with E-state index in [9.17, 15) is 26.7 Å². The second-order valence-corrected chi connectivity index (χ2v) is 8.66. The van der Waals surface area contributed by atoms with Gasteiger partial charge in [-0.1, -0.05) is 0 Å². The second-order valence-electron chi connectivity index (χ2n) is 8.66. The molecule has 1 aliphatic heterocycles. The highest BCUT2D eigenvalue weighted by Gasteiger charge is 2.53. The van der Waals surface area contributed by atoms with Crippen LogP contribution in [0.1, 0.15) is 35.7 Å². The largest absolute Gasteiger partial charge is 0.472 e. The van der Waals surface area contributed by atoms with Crippen molar-refractivity contribution in [3.8, 4) is 17.3 Å². The number of benzene rings is 1. The van der Waals surface area contributed by atoms with Gasteiger partial charge in [-0.2, -0.15) is 22.5 Å². The molecule has 1 saturated carbocycles. The molecule has 0 radical (unpaired) electrons. The maximum atomic E-state index is 14.2. The molecule has 6 nitrogen and oxygen atoms in total. The van der Waals surface area contributed by atoms with E-state index in [2.05, 4.69) is 15.0 Å². The first-order valence-corrected chi connectivity index (χ1v) is 10.9. The number of ether oxygens (including phenoxy) is 1. The lowest BCUT2D eigenvalue weighted by Crippen LogP contribution is -2.51. The molecule has 4 atom stereocenters. The lowest BCUT2D eigenvalue weighted by Gasteiger charge is -2.38. The van der Waals surface area contributed by atoms with Crippen molar-refractivity contribution in [1.29, 1.82) is 0 Å². The van der Waals surface area contributed by atoms with Gasteiger partial charge in [0.15, 0.2) is 5.82 Å². The predicted octanol–water partition coefficient (Wildman–Crippen LogP) is 4.91. The third-order valence-corrected chi connectivity index (χ3v) is 6.64. The minimum absolute atomic E-state index is 0.0539. The zero-order valence-electron chi connectivity index (χ0n) is 18.3. The number of piperidine rings is 1. The third kappa shape index (κ3) is 4.19. The van der Waals surface area contributed by atoms with Gasteiger partial charge in [0.25, 0.3) is 5.91 Å². The molecule has 182 valence electrons. The standard InChI is InChI=1S/C24H19F5N4O2/c1-12-13-9-18(19(10-13)35-20-6-5-17(21(26)32-20)24(27,28)29)33(12)23(34)16-11-14(25)3-4-15(16)22-30-7-2-8-31-22/h2-8,11-13,18-19H,9-10H2,1H3. The van der Waals surface area contributed by atoms with Gasteiger partial charge in [-0.15, -0.1) is 0 Å². The first-order valence-electron chi connectivity index (χ1n) is 10.9. The topological polar surface area (TPSA) is 68.2 Å². The number of carbonyl (C=O) groups is 1. The second kappa shape index (κ2) is 8.54. The van der Waals surface area contributed by atoms with Gasteiger partial charge in [0, 0.05) is 30.1 Å². The Bertz CT molecular complexity index is 1270. The number of fused-ring (bicyclic) bond motifs is 2. The summed E-state index contributed by atoms with van der Waals surface area (Å²) in [7, 11) is 0. The Morgan fingerprint density at radius 2 is 1.83 bits per heavy atom. The van der Waals surface area contributed by atoms with Crippen molar-refractivity contribution in [3.63, 3.8) is 0 Å². The average Bonchev–Trinajstić information content (AvgIpc) is 3.36. The van der Waals surface area contributed by atoms with E-state index in [0.717, 1.165) is 12.1 Å². The van der Waals surface area contributed by atoms with Crippen molar-refractivity contribution < 1.29 is 31.5 Å². The zero-order chi connectivity index (χ0) is 24.9. The fourth-order valence-electron chi connectivity index (χ4n) is 5.01. The first-order chi connectivity index (χ1) is 16.6. The minimum Gasteiger partial charge on any atom is -0.472 e. The van der Waals surface area contributed by atoms with Gasteiger partial charge in [-0.3, -0.25) is 4.79 Å². The first kappa shape index (κ1) is 23.1. The van der Waals surface area contributed by atoms with Crippen molar-refractivity contribution in [2.45, 2.75) is 44.1 Å². The van der Waals surface area contributed by atoms with Crippen LogP contribution < -0.4 is 4.74 Å². The van der Waals surface area contributed by atoms with E-state index < -0.39 is 41.6 Å². The molecule has 2 aliphatic rings. The van der Waals surface area contributed by atoms with Crippen LogP contribution in [0, 0.1) is 17.7 Å². The molecule has 0 N–H and O–H groups in total. The molecule has 1 saturated heterocycles. The predicted molar refractivity (Wildman–Crippen MR) is 113 cm³/mol. The number of aromatic nitrogens is 3. The van der Waals surface area contributed by atoms with Gasteiger partial charge in [0.1, 0.15) is 17.5 Å². The highest BCUT2D eigenvalue weighted by atomic mass is 19.4. The molecule has 35 heavy (non-hydrogen) atoms. The van der Waals surface area contributed by atoms with Crippen LogP contribution in [0.5, 0.6) is 5.88 Å². The van der Waals surface area contributed by atoms with Crippen molar-refractivity contribution in [1.82, 2.24) is 19.9 Å². The number of nitrogens with zero attached hydrogens (tertiary/aromatic N) is 4. The maximum Gasteiger partial charge on any atom is 0.420 e. The molecular weight excluding hydrogens is 471 g/mol. The van der Waals surface area contributed by atoms with E-state index in [1.165, 1.54) is 24.5 Å². The number of pyridine rings is 1. The Kier molecular flexibility index (Phi) is 5.65. The van der Waals surface area contributed by atoms with Crippen LogP contribution in [0.25, 0.3) is 11.4 Å². The molecule has 0 spiro atoms. The van der Waals surface area contributed by atoms with Gasteiger partial charge in [-0.05, 0) is 56.0 Å². The summed E-state index contributed by atoms with van der Waals surface area (Å²) in [6, 6.07) is 6.34. The SMILES string of the molecule is CC1C2CC(Oc3ccc(C(F)(F)F)c(F)n3)C(C2)N1C(=O)c1cc(F)ccc1-c1ncccn1. The van der Waals surface area contributed by atoms with Gasteiger partial charge >= 0.3 is 6.18 Å². The lowest BCUT2D eigenvalue weighted by molar-refractivity contribution is -0.140. The highest BCUT2D eigenvalue weighted by molar-refractivity contribution is 6.00. The van der Waals surface area contributed by atoms with Crippen LogP contribution in [0.15, 0.2) is 48.8 Å². The fourth-order valence-corrected chi connectivity index (χ4v) is 5.01. The summed E-state index contributed by atoms with van der Waals surface area (Å²) >= 11 is 0.